The number of aromatic nitrogens is 1. The van der Waals surface area contributed by atoms with Gasteiger partial charge < -0.3 is 19.7 Å². The second kappa shape index (κ2) is 9.61. The first-order valence-electron chi connectivity index (χ1n) is 10.5. The van der Waals surface area contributed by atoms with Crippen LogP contribution in [0.25, 0.3) is 0 Å². The van der Waals surface area contributed by atoms with Crippen LogP contribution in [0.4, 0.5) is 0 Å². The van der Waals surface area contributed by atoms with Gasteiger partial charge in [0.15, 0.2) is 11.5 Å². The Morgan fingerprint density at radius 1 is 1.10 bits per heavy atom. The molecule has 7 nitrogen and oxygen atoms in total. The van der Waals surface area contributed by atoms with Crippen LogP contribution in [0, 0.1) is 5.92 Å². The van der Waals surface area contributed by atoms with E-state index in [0.717, 1.165) is 24.8 Å². The van der Waals surface area contributed by atoms with E-state index in [0.29, 0.717) is 43.5 Å². The van der Waals surface area contributed by atoms with Crippen molar-refractivity contribution in [2.45, 2.75) is 38.3 Å². The molecule has 1 atom stereocenters. The molecule has 30 heavy (non-hydrogen) atoms. The van der Waals surface area contributed by atoms with Gasteiger partial charge in [0.2, 0.25) is 12.0 Å². The Morgan fingerprint density at radius 3 is 2.67 bits per heavy atom. The van der Waals surface area contributed by atoms with Gasteiger partial charge in [0.25, 0.3) is 5.91 Å². The zero-order valence-electron chi connectivity index (χ0n) is 17.0. The zero-order chi connectivity index (χ0) is 20.8. The average molecular weight is 409 g/mol. The molecule has 1 saturated heterocycles. The lowest BCUT2D eigenvalue weighted by atomic mass is 9.92. The molecular weight excluding hydrogens is 382 g/mol. The van der Waals surface area contributed by atoms with E-state index in [1.54, 1.807) is 12.4 Å². The number of benzene rings is 1. The largest absolute Gasteiger partial charge is 0.485 e. The molecule has 0 unspecified atom stereocenters. The molecule has 1 N–H and O–H groups in total. The Morgan fingerprint density at radius 2 is 1.90 bits per heavy atom. The third-order valence-electron chi connectivity index (χ3n) is 5.70. The first-order valence-corrected chi connectivity index (χ1v) is 10.5. The topological polar surface area (TPSA) is 80.8 Å². The van der Waals surface area contributed by atoms with Crippen LogP contribution in [0.1, 0.15) is 31.2 Å². The predicted octanol–water partition coefficient (Wildman–Crippen LogP) is 2.56. The number of amides is 2. The molecule has 0 bridgehead atoms. The lowest BCUT2D eigenvalue weighted by Gasteiger charge is -2.35. The number of likely N-dealkylation sites (tertiary alicyclic amines) is 1. The Labute approximate surface area is 176 Å². The van der Waals surface area contributed by atoms with Crippen molar-refractivity contribution >= 4 is 11.8 Å². The van der Waals surface area contributed by atoms with Gasteiger partial charge in [-0.05, 0) is 48.9 Å². The van der Waals surface area contributed by atoms with Gasteiger partial charge in [0, 0.05) is 38.4 Å². The molecule has 1 aromatic carbocycles. The lowest BCUT2D eigenvalue weighted by Crippen LogP contribution is -2.49. The lowest BCUT2D eigenvalue weighted by molar-refractivity contribution is -0.142. The van der Waals surface area contributed by atoms with Crippen molar-refractivity contribution in [3.8, 4) is 11.5 Å². The minimum atomic E-state index is -0.588. The predicted molar refractivity (Wildman–Crippen MR) is 111 cm³/mol. The van der Waals surface area contributed by atoms with Gasteiger partial charge in [-0.25, -0.2) is 0 Å². The number of ether oxygens (including phenoxy) is 2. The number of hydrogen-bond donors (Lipinski definition) is 1. The second-order valence-corrected chi connectivity index (χ2v) is 7.81. The van der Waals surface area contributed by atoms with E-state index in [1.807, 2.05) is 41.3 Å². The maximum Gasteiger partial charge on any atom is 0.267 e. The monoisotopic (exact) mass is 409 g/mol. The van der Waals surface area contributed by atoms with Crippen LogP contribution < -0.4 is 14.8 Å². The summed E-state index contributed by atoms with van der Waals surface area (Å²) in [6, 6.07) is 11.2. The minimum absolute atomic E-state index is 0.0165. The number of hydrogen-bond acceptors (Lipinski definition) is 5. The first kappa shape index (κ1) is 20.2. The van der Waals surface area contributed by atoms with Crippen LogP contribution in [-0.4, -0.2) is 47.5 Å². The maximum atomic E-state index is 12.8. The van der Waals surface area contributed by atoms with Gasteiger partial charge in [-0.15, -0.1) is 0 Å². The molecule has 2 aromatic rings. The van der Waals surface area contributed by atoms with Crippen molar-refractivity contribution in [1.82, 2.24) is 15.2 Å². The van der Waals surface area contributed by atoms with Crippen LogP contribution in [0.3, 0.4) is 0 Å². The van der Waals surface area contributed by atoms with Crippen molar-refractivity contribution < 1.29 is 19.1 Å². The summed E-state index contributed by atoms with van der Waals surface area (Å²) in [6.07, 6.45) is 6.06. The molecule has 1 fully saturated rings. The highest BCUT2D eigenvalue weighted by Crippen LogP contribution is 2.32. The highest BCUT2D eigenvalue weighted by atomic mass is 16.6. The SMILES string of the molecule is O=C(CCC1CCN(C(=O)[C@@H]2COc3ccccc3O2)CC1)NCc1cccnc1. The van der Waals surface area contributed by atoms with Gasteiger partial charge >= 0.3 is 0 Å². The number of piperidine rings is 1. The van der Waals surface area contributed by atoms with E-state index >= 15 is 0 Å². The summed E-state index contributed by atoms with van der Waals surface area (Å²) in [7, 11) is 0. The van der Waals surface area contributed by atoms with Crippen molar-refractivity contribution in [2.24, 2.45) is 5.92 Å². The fraction of sp³-hybridized carbons (Fsp3) is 0.435. The summed E-state index contributed by atoms with van der Waals surface area (Å²) in [4.78, 5) is 30.8. The fourth-order valence-corrected chi connectivity index (χ4v) is 3.91. The van der Waals surface area contributed by atoms with Crippen molar-refractivity contribution in [3.63, 3.8) is 0 Å². The van der Waals surface area contributed by atoms with Crippen LogP contribution in [-0.2, 0) is 16.1 Å². The van der Waals surface area contributed by atoms with E-state index in [2.05, 4.69) is 10.3 Å². The molecule has 7 heteroatoms. The van der Waals surface area contributed by atoms with Crippen molar-refractivity contribution in [3.05, 3.63) is 54.4 Å². The van der Waals surface area contributed by atoms with Crippen molar-refractivity contribution in [2.75, 3.05) is 19.7 Å². The molecule has 4 rings (SSSR count). The number of pyridine rings is 1. The van der Waals surface area contributed by atoms with E-state index in [-0.39, 0.29) is 18.4 Å². The standard InChI is InChI=1S/C23H27N3O4/c27-22(25-15-18-4-3-11-24-14-18)8-7-17-9-12-26(13-10-17)23(28)21-16-29-19-5-1-2-6-20(19)30-21/h1-6,11,14,17,21H,7-10,12-13,15-16H2,(H,25,27)/t21-/m0/s1. The summed E-state index contributed by atoms with van der Waals surface area (Å²) in [5, 5.41) is 2.94. The first-order chi connectivity index (χ1) is 14.7. The Bertz CT molecular complexity index is 866. The minimum Gasteiger partial charge on any atom is -0.485 e. The van der Waals surface area contributed by atoms with Gasteiger partial charge in [-0.1, -0.05) is 18.2 Å². The second-order valence-electron chi connectivity index (χ2n) is 7.81. The third-order valence-corrected chi connectivity index (χ3v) is 5.70. The molecule has 3 heterocycles. The van der Waals surface area contributed by atoms with Gasteiger partial charge in [-0.2, -0.15) is 0 Å². The number of carbonyl (C=O) groups is 2. The normalized spacial score (nSPS) is 18.7. The number of para-hydroxylation sites is 2. The molecule has 158 valence electrons. The highest BCUT2D eigenvalue weighted by molar-refractivity contribution is 5.82. The molecule has 2 aliphatic rings. The van der Waals surface area contributed by atoms with Crippen LogP contribution in [0.5, 0.6) is 11.5 Å². The number of nitrogens with zero attached hydrogens (tertiary/aromatic N) is 2. The summed E-state index contributed by atoms with van der Waals surface area (Å²) in [5.41, 5.74) is 0.995. The third kappa shape index (κ3) is 5.09. The number of rotatable bonds is 6. The summed E-state index contributed by atoms with van der Waals surface area (Å²) < 4.78 is 11.5. The Kier molecular flexibility index (Phi) is 6.47. The molecule has 0 saturated carbocycles. The molecule has 2 aliphatic heterocycles. The molecule has 0 radical (unpaired) electrons. The number of carbonyl (C=O) groups excluding carboxylic acids is 2. The molecule has 2 amide bonds. The zero-order valence-corrected chi connectivity index (χ0v) is 17.0. The summed E-state index contributed by atoms with van der Waals surface area (Å²) in [6.45, 7) is 2.14. The van der Waals surface area contributed by atoms with E-state index in [9.17, 15) is 9.59 Å². The number of nitrogens with one attached hydrogen (secondary N) is 1. The number of fused-ring (bicyclic) bond motifs is 1. The fourth-order valence-electron chi connectivity index (χ4n) is 3.91. The van der Waals surface area contributed by atoms with Gasteiger partial charge in [-0.3, -0.25) is 14.6 Å². The Hall–Kier alpha value is -3.09. The van der Waals surface area contributed by atoms with E-state index in [4.69, 9.17) is 9.47 Å². The van der Waals surface area contributed by atoms with Crippen LogP contribution >= 0.6 is 0 Å². The highest BCUT2D eigenvalue weighted by Gasteiger charge is 2.33. The molecular formula is C23H27N3O4. The maximum absolute atomic E-state index is 12.8. The molecule has 0 spiro atoms. The average Bonchev–Trinajstić information content (AvgIpc) is 2.81. The van der Waals surface area contributed by atoms with Crippen LogP contribution in [0.15, 0.2) is 48.8 Å². The van der Waals surface area contributed by atoms with Crippen molar-refractivity contribution in [1.29, 1.82) is 0 Å². The van der Waals surface area contributed by atoms with Gasteiger partial charge in [0.05, 0.1) is 0 Å². The molecule has 1 aromatic heterocycles. The summed E-state index contributed by atoms with van der Waals surface area (Å²) >= 11 is 0. The smallest absolute Gasteiger partial charge is 0.267 e. The van der Waals surface area contributed by atoms with E-state index < -0.39 is 6.10 Å². The van der Waals surface area contributed by atoms with Crippen LogP contribution in [0.2, 0.25) is 0 Å². The summed E-state index contributed by atoms with van der Waals surface area (Å²) in [5.74, 6) is 1.81. The van der Waals surface area contributed by atoms with Gasteiger partial charge in [0.1, 0.15) is 6.61 Å². The molecule has 0 aliphatic carbocycles. The van der Waals surface area contributed by atoms with E-state index in [1.165, 1.54) is 0 Å². The quantitative estimate of drug-likeness (QED) is 0.793. The Balaban J connectivity index is 1.17.